The first kappa shape index (κ1) is 15.5. The van der Waals surface area contributed by atoms with Crippen molar-refractivity contribution >= 4 is 17.4 Å². The summed E-state index contributed by atoms with van der Waals surface area (Å²) in [6.45, 7) is 5.85. The molecule has 0 aliphatic carbocycles. The predicted molar refractivity (Wildman–Crippen MR) is 90.8 cm³/mol. The van der Waals surface area contributed by atoms with Gasteiger partial charge in [0.15, 0.2) is 11.5 Å². The number of benzene rings is 1. The molecule has 1 aliphatic rings. The molecule has 1 N–H and O–H groups in total. The summed E-state index contributed by atoms with van der Waals surface area (Å²) in [7, 11) is 0. The number of amides is 1. The van der Waals surface area contributed by atoms with E-state index in [4.69, 9.17) is 0 Å². The molecule has 1 fully saturated rings. The van der Waals surface area contributed by atoms with Crippen LogP contribution in [-0.2, 0) is 0 Å². The summed E-state index contributed by atoms with van der Waals surface area (Å²) in [5, 5.41) is 11.4. The van der Waals surface area contributed by atoms with Crippen LogP contribution in [0, 0.1) is 12.8 Å². The lowest BCUT2D eigenvalue weighted by atomic mass is 10.00. The van der Waals surface area contributed by atoms with Crippen LogP contribution < -0.4 is 5.32 Å². The van der Waals surface area contributed by atoms with E-state index in [-0.39, 0.29) is 5.91 Å². The van der Waals surface area contributed by atoms with Crippen molar-refractivity contribution < 1.29 is 4.79 Å². The molecule has 2 heterocycles. The van der Waals surface area contributed by atoms with Gasteiger partial charge in [-0.25, -0.2) is 0 Å². The normalized spacial score (nSPS) is 17.8. The van der Waals surface area contributed by atoms with Gasteiger partial charge in [0.2, 0.25) is 0 Å². The Labute approximate surface area is 136 Å². The molecule has 1 aromatic carbocycles. The minimum absolute atomic E-state index is 0.0223. The highest BCUT2D eigenvalue weighted by atomic mass is 16.2. The van der Waals surface area contributed by atoms with Crippen molar-refractivity contribution in [2.45, 2.75) is 26.7 Å². The topological polar surface area (TPSA) is 58.1 Å². The number of hydrogen-bond donors (Lipinski definition) is 1. The van der Waals surface area contributed by atoms with Crippen molar-refractivity contribution in [3.8, 4) is 0 Å². The molecule has 0 bridgehead atoms. The van der Waals surface area contributed by atoms with E-state index in [0.717, 1.165) is 25.2 Å². The fraction of sp³-hybridized carbons (Fsp3) is 0.389. The number of anilines is 2. The van der Waals surface area contributed by atoms with Crippen LogP contribution >= 0.6 is 0 Å². The van der Waals surface area contributed by atoms with Crippen LogP contribution in [0.3, 0.4) is 0 Å². The van der Waals surface area contributed by atoms with Gasteiger partial charge in [-0.3, -0.25) is 4.79 Å². The van der Waals surface area contributed by atoms with Crippen molar-refractivity contribution in [1.82, 2.24) is 15.1 Å². The van der Waals surface area contributed by atoms with Crippen molar-refractivity contribution in [2.75, 3.05) is 18.4 Å². The number of aryl methyl sites for hydroxylation is 1. The number of piperidine rings is 1. The second-order valence-corrected chi connectivity index (χ2v) is 6.29. The summed E-state index contributed by atoms with van der Waals surface area (Å²) in [4.78, 5) is 14.3. The van der Waals surface area contributed by atoms with Crippen LogP contribution in [0.15, 0.2) is 36.4 Å². The molecule has 5 nitrogen and oxygen atoms in total. The van der Waals surface area contributed by atoms with E-state index in [1.165, 1.54) is 12.0 Å². The molecular formula is C18H22N4O. The lowest BCUT2D eigenvalue weighted by Gasteiger charge is -2.30. The van der Waals surface area contributed by atoms with E-state index >= 15 is 0 Å². The zero-order valence-corrected chi connectivity index (χ0v) is 13.6. The van der Waals surface area contributed by atoms with Gasteiger partial charge in [-0.15, -0.1) is 10.2 Å². The SMILES string of the molecule is Cc1ccc(Nc2ccc(C(=O)N3CCCC(C)C3)nn2)cc1. The van der Waals surface area contributed by atoms with Crippen molar-refractivity contribution in [3.05, 3.63) is 47.7 Å². The Balaban J connectivity index is 1.66. The monoisotopic (exact) mass is 310 g/mol. The Hall–Kier alpha value is -2.43. The van der Waals surface area contributed by atoms with Crippen molar-refractivity contribution in [2.24, 2.45) is 5.92 Å². The number of nitrogens with zero attached hydrogens (tertiary/aromatic N) is 3. The molecule has 1 saturated heterocycles. The summed E-state index contributed by atoms with van der Waals surface area (Å²) >= 11 is 0. The van der Waals surface area contributed by atoms with Crippen LogP contribution in [0.1, 0.15) is 35.8 Å². The number of hydrogen-bond acceptors (Lipinski definition) is 4. The molecule has 0 radical (unpaired) electrons. The molecule has 2 aromatic rings. The minimum Gasteiger partial charge on any atom is -0.339 e. The van der Waals surface area contributed by atoms with Gasteiger partial charge < -0.3 is 10.2 Å². The highest BCUT2D eigenvalue weighted by Crippen LogP contribution is 2.18. The second-order valence-electron chi connectivity index (χ2n) is 6.29. The van der Waals surface area contributed by atoms with E-state index in [1.54, 1.807) is 12.1 Å². The van der Waals surface area contributed by atoms with Gasteiger partial charge in [0.25, 0.3) is 5.91 Å². The summed E-state index contributed by atoms with van der Waals surface area (Å²) < 4.78 is 0. The van der Waals surface area contributed by atoms with Gasteiger partial charge >= 0.3 is 0 Å². The van der Waals surface area contributed by atoms with E-state index in [2.05, 4.69) is 22.4 Å². The number of rotatable bonds is 3. The second kappa shape index (κ2) is 6.77. The molecule has 1 unspecified atom stereocenters. The van der Waals surface area contributed by atoms with Crippen molar-refractivity contribution in [3.63, 3.8) is 0 Å². The molecular weight excluding hydrogens is 288 g/mol. The van der Waals surface area contributed by atoms with Gasteiger partial charge in [-0.1, -0.05) is 24.6 Å². The van der Waals surface area contributed by atoms with Crippen molar-refractivity contribution in [1.29, 1.82) is 0 Å². The molecule has 1 aliphatic heterocycles. The Morgan fingerprint density at radius 1 is 1.17 bits per heavy atom. The third-order valence-corrected chi connectivity index (χ3v) is 4.15. The van der Waals surface area contributed by atoms with E-state index in [1.807, 2.05) is 36.1 Å². The molecule has 120 valence electrons. The molecule has 5 heteroatoms. The lowest BCUT2D eigenvalue weighted by molar-refractivity contribution is 0.0676. The molecule has 23 heavy (non-hydrogen) atoms. The summed E-state index contributed by atoms with van der Waals surface area (Å²) in [6, 6.07) is 11.6. The molecule has 1 atom stereocenters. The van der Waals surface area contributed by atoms with Crippen LogP contribution in [0.25, 0.3) is 0 Å². The molecule has 1 aromatic heterocycles. The fourth-order valence-electron chi connectivity index (χ4n) is 2.83. The standard InChI is InChI=1S/C18H22N4O/c1-13-5-7-15(8-6-13)19-17-10-9-16(20-21-17)18(23)22-11-3-4-14(2)12-22/h5-10,14H,3-4,11-12H2,1-2H3,(H,19,21). The predicted octanol–water partition coefficient (Wildman–Crippen LogP) is 3.40. The minimum atomic E-state index is -0.0223. The quantitative estimate of drug-likeness (QED) is 0.944. The van der Waals surface area contributed by atoms with Gasteiger partial charge in [-0.2, -0.15) is 0 Å². The number of carbonyl (C=O) groups is 1. The number of carbonyl (C=O) groups excluding carboxylic acids is 1. The van der Waals surface area contributed by atoms with Crippen LogP contribution in [0.5, 0.6) is 0 Å². The molecule has 1 amide bonds. The van der Waals surface area contributed by atoms with Gasteiger partial charge in [-0.05, 0) is 49.9 Å². The van der Waals surface area contributed by atoms with E-state index in [0.29, 0.717) is 17.4 Å². The summed E-state index contributed by atoms with van der Waals surface area (Å²) in [5.41, 5.74) is 2.57. The van der Waals surface area contributed by atoms with Gasteiger partial charge in [0.1, 0.15) is 0 Å². The zero-order valence-electron chi connectivity index (χ0n) is 13.6. The van der Waals surface area contributed by atoms with Crippen LogP contribution in [-0.4, -0.2) is 34.1 Å². The third-order valence-electron chi connectivity index (χ3n) is 4.15. The summed E-state index contributed by atoms with van der Waals surface area (Å²) in [6.07, 6.45) is 2.25. The fourth-order valence-corrected chi connectivity index (χ4v) is 2.83. The number of likely N-dealkylation sites (tertiary alicyclic amines) is 1. The average Bonchev–Trinajstić information content (AvgIpc) is 2.57. The number of nitrogens with one attached hydrogen (secondary N) is 1. The highest BCUT2D eigenvalue weighted by Gasteiger charge is 2.23. The molecule has 0 spiro atoms. The Kier molecular flexibility index (Phi) is 4.55. The van der Waals surface area contributed by atoms with Crippen LogP contribution in [0.2, 0.25) is 0 Å². The largest absolute Gasteiger partial charge is 0.339 e. The maximum Gasteiger partial charge on any atom is 0.274 e. The first-order valence-corrected chi connectivity index (χ1v) is 8.08. The van der Waals surface area contributed by atoms with Crippen LogP contribution in [0.4, 0.5) is 11.5 Å². The van der Waals surface area contributed by atoms with Gasteiger partial charge in [0.05, 0.1) is 0 Å². The average molecular weight is 310 g/mol. The lowest BCUT2D eigenvalue weighted by Crippen LogP contribution is -2.39. The highest BCUT2D eigenvalue weighted by molar-refractivity contribution is 5.92. The molecule has 3 rings (SSSR count). The Morgan fingerprint density at radius 3 is 2.61 bits per heavy atom. The first-order chi connectivity index (χ1) is 11.1. The van der Waals surface area contributed by atoms with E-state index < -0.39 is 0 Å². The summed E-state index contributed by atoms with van der Waals surface area (Å²) in [5.74, 6) is 1.17. The number of aromatic nitrogens is 2. The third kappa shape index (κ3) is 3.86. The first-order valence-electron chi connectivity index (χ1n) is 8.08. The Morgan fingerprint density at radius 2 is 1.96 bits per heavy atom. The maximum absolute atomic E-state index is 12.5. The van der Waals surface area contributed by atoms with E-state index in [9.17, 15) is 4.79 Å². The Bertz CT molecular complexity index is 666. The molecule has 0 saturated carbocycles. The smallest absolute Gasteiger partial charge is 0.274 e. The van der Waals surface area contributed by atoms with Gasteiger partial charge in [0, 0.05) is 18.8 Å². The maximum atomic E-state index is 12.5. The zero-order chi connectivity index (χ0) is 16.2.